The quantitative estimate of drug-likeness (QED) is 0.706. The van der Waals surface area contributed by atoms with Gasteiger partial charge in [-0.05, 0) is 43.8 Å². The summed E-state index contributed by atoms with van der Waals surface area (Å²) in [7, 11) is 0. The van der Waals surface area contributed by atoms with Gasteiger partial charge in [0.25, 0.3) is 0 Å². The molecule has 2 heterocycles. The highest BCUT2D eigenvalue weighted by Crippen LogP contribution is 2.17. The van der Waals surface area contributed by atoms with Crippen LogP contribution in [0.15, 0.2) is 62.9 Å². The fourth-order valence-electron chi connectivity index (χ4n) is 3.26. The lowest BCUT2D eigenvalue weighted by Crippen LogP contribution is -2.52. The van der Waals surface area contributed by atoms with E-state index in [0.717, 1.165) is 25.2 Å². The molecule has 1 saturated heterocycles. The Hall–Kier alpha value is -2.77. The van der Waals surface area contributed by atoms with E-state index >= 15 is 0 Å². The van der Waals surface area contributed by atoms with Crippen LogP contribution in [0.5, 0.6) is 0 Å². The normalized spacial score (nSPS) is 18.9. The zero-order valence-electron chi connectivity index (χ0n) is 16.6. The SMILES string of the molecule is C=C/C(Cl)=C(C)\C=C\N1CCN(CC(=O)Nc2ccc3[nH]c(=O)oc3c2)[C@H](C)C1. The Morgan fingerprint density at radius 1 is 1.45 bits per heavy atom. The smallest absolute Gasteiger partial charge is 0.408 e. The van der Waals surface area contributed by atoms with E-state index in [1.165, 1.54) is 0 Å². The Balaban J connectivity index is 1.54. The molecule has 7 nitrogen and oxygen atoms in total. The van der Waals surface area contributed by atoms with Crippen molar-refractivity contribution in [3.8, 4) is 0 Å². The minimum atomic E-state index is -0.512. The Kier molecular flexibility index (Phi) is 6.61. The van der Waals surface area contributed by atoms with Gasteiger partial charge in [-0.1, -0.05) is 24.3 Å². The van der Waals surface area contributed by atoms with Crippen LogP contribution < -0.4 is 11.1 Å². The van der Waals surface area contributed by atoms with Gasteiger partial charge in [-0.3, -0.25) is 14.7 Å². The Labute approximate surface area is 174 Å². The minimum Gasteiger partial charge on any atom is -0.408 e. The number of nitrogens with zero attached hydrogens (tertiary/aromatic N) is 2. The van der Waals surface area contributed by atoms with E-state index in [1.54, 1.807) is 24.3 Å². The fraction of sp³-hybridized carbons (Fsp3) is 0.333. The molecular formula is C21H25ClN4O3. The lowest BCUT2D eigenvalue weighted by atomic mass is 10.2. The molecule has 0 aliphatic carbocycles. The average Bonchev–Trinajstić information content (AvgIpc) is 3.06. The molecule has 1 aromatic carbocycles. The number of carbonyl (C=O) groups excluding carboxylic acids is 1. The molecule has 0 spiro atoms. The van der Waals surface area contributed by atoms with Crippen molar-refractivity contribution in [2.75, 3.05) is 31.5 Å². The number of halogens is 1. The molecule has 0 bridgehead atoms. The number of aromatic nitrogens is 1. The maximum atomic E-state index is 12.5. The predicted molar refractivity (Wildman–Crippen MR) is 116 cm³/mol. The van der Waals surface area contributed by atoms with E-state index in [0.29, 0.717) is 28.4 Å². The lowest BCUT2D eigenvalue weighted by Gasteiger charge is -2.39. The topological polar surface area (TPSA) is 81.6 Å². The summed E-state index contributed by atoms with van der Waals surface area (Å²) in [5.41, 5.74) is 2.58. The summed E-state index contributed by atoms with van der Waals surface area (Å²) in [6, 6.07) is 5.31. The molecule has 1 aliphatic heterocycles. The zero-order valence-corrected chi connectivity index (χ0v) is 17.3. The largest absolute Gasteiger partial charge is 0.417 e. The van der Waals surface area contributed by atoms with Crippen molar-refractivity contribution in [3.05, 3.63) is 64.3 Å². The fourth-order valence-corrected chi connectivity index (χ4v) is 3.32. The number of aromatic amines is 1. The van der Waals surface area contributed by atoms with Crippen LogP contribution in [0.4, 0.5) is 5.69 Å². The molecule has 0 unspecified atom stereocenters. The van der Waals surface area contributed by atoms with E-state index in [2.05, 4.69) is 33.6 Å². The van der Waals surface area contributed by atoms with Crippen LogP contribution in [-0.2, 0) is 4.79 Å². The molecule has 1 aliphatic rings. The first-order valence-corrected chi connectivity index (χ1v) is 9.81. The third-order valence-corrected chi connectivity index (χ3v) is 5.39. The standard InChI is InChI=1S/C21H25ClN4O3/c1-4-17(22)14(2)7-8-25-9-10-26(15(3)12-25)13-20(27)23-16-5-6-18-19(11-16)29-21(28)24-18/h4-8,11,15H,1,9-10,12-13H2,2-3H3,(H,23,27)(H,24,28)/b8-7+,17-14+/t15-/m1/s1. The van der Waals surface area contributed by atoms with Crippen molar-refractivity contribution in [1.82, 2.24) is 14.8 Å². The molecule has 1 atom stereocenters. The number of nitrogens with one attached hydrogen (secondary N) is 2. The summed E-state index contributed by atoms with van der Waals surface area (Å²) in [5.74, 6) is -0.615. The second kappa shape index (κ2) is 9.15. The summed E-state index contributed by atoms with van der Waals surface area (Å²) >= 11 is 6.06. The first-order chi connectivity index (χ1) is 13.9. The lowest BCUT2D eigenvalue weighted by molar-refractivity contribution is -0.118. The van der Waals surface area contributed by atoms with Crippen LogP contribution in [0, 0.1) is 0 Å². The first-order valence-electron chi connectivity index (χ1n) is 9.43. The summed E-state index contributed by atoms with van der Waals surface area (Å²) in [6.45, 7) is 10.4. The van der Waals surface area contributed by atoms with Gasteiger partial charge in [0.15, 0.2) is 5.58 Å². The van der Waals surface area contributed by atoms with Gasteiger partial charge in [-0.2, -0.15) is 0 Å². The second-order valence-electron chi connectivity index (χ2n) is 7.14. The number of amides is 1. The number of hydrogen-bond acceptors (Lipinski definition) is 5. The van der Waals surface area contributed by atoms with Gasteiger partial charge in [-0.15, -0.1) is 0 Å². The van der Waals surface area contributed by atoms with Gasteiger partial charge in [0, 0.05) is 42.5 Å². The minimum absolute atomic E-state index is 0.102. The van der Waals surface area contributed by atoms with Gasteiger partial charge in [0.05, 0.1) is 12.1 Å². The van der Waals surface area contributed by atoms with Gasteiger partial charge >= 0.3 is 5.76 Å². The summed E-state index contributed by atoms with van der Waals surface area (Å²) in [6.07, 6.45) is 5.64. The molecule has 2 N–H and O–H groups in total. The molecule has 1 fully saturated rings. The van der Waals surface area contributed by atoms with Crippen molar-refractivity contribution >= 4 is 34.3 Å². The molecule has 2 aromatic rings. The van der Waals surface area contributed by atoms with Gasteiger partial charge in [0.1, 0.15) is 0 Å². The highest BCUT2D eigenvalue weighted by molar-refractivity contribution is 6.31. The number of carbonyl (C=O) groups is 1. The van der Waals surface area contributed by atoms with Crippen LogP contribution in [0.2, 0.25) is 0 Å². The van der Waals surface area contributed by atoms with Crippen molar-refractivity contribution in [2.24, 2.45) is 0 Å². The highest BCUT2D eigenvalue weighted by Gasteiger charge is 2.23. The summed E-state index contributed by atoms with van der Waals surface area (Å²) in [5, 5.41) is 3.51. The summed E-state index contributed by atoms with van der Waals surface area (Å²) in [4.78, 5) is 30.6. The van der Waals surface area contributed by atoms with E-state index < -0.39 is 5.76 Å². The molecule has 0 saturated carbocycles. The van der Waals surface area contributed by atoms with E-state index in [4.69, 9.17) is 16.0 Å². The zero-order chi connectivity index (χ0) is 21.0. The van der Waals surface area contributed by atoms with Crippen LogP contribution in [0.25, 0.3) is 11.1 Å². The molecule has 1 aromatic heterocycles. The van der Waals surface area contributed by atoms with Crippen LogP contribution in [-0.4, -0.2) is 52.9 Å². The van der Waals surface area contributed by atoms with Crippen molar-refractivity contribution < 1.29 is 9.21 Å². The average molecular weight is 417 g/mol. The second-order valence-corrected chi connectivity index (χ2v) is 7.55. The number of benzene rings is 1. The van der Waals surface area contributed by atoms with Crippen molar-refractivity contribution in [2.45, 2.75) is 19.9 Å². The number of oxazole rings is 1. The van der Waals surface area contributed by atoms with Gasteiger partial charge < -0.3 is 14.6 Å². The molecular weight excluding hydrogens is 392 g/mol. The Morgan fingerprint density at radius 2 is 2.24 bits per heavy atom. The Bertz CT molecular complexity index is 1020. The monoisotopic (exact) mass is 416 g/mol. The third kappa shape index (κ3) is 5.40. The molecule has 8 heteroatoms. The summed E-state index contributed by atoms with van der Waals surface area (Å²) < 4.78 is 5.03. The van der Waals surface area contributed by atoms with E-state index in [9.17, 15) is 9.59 Å². The van der Waals surface area contributed by atoms with Crippen LogP contribution in [0.3, 0.4) is 0 Å². The number of hydrogen-bond donors (Lipinski definition) is 2. The van der Waals surface area contributed by atoms with Gasteiger partial charge in [-0.25, -0.2) is 4.79 Å². The number of fused-ring (bicyclic) bond motifs is 1. The maximum Gasteiger partial charge on any atom is 0.417 e. The van der Waals surface area contributed by atoms with Crippen LogP contribution in [0.1, 0.15) is 13.8 Å². The van der Waals surface area contributed by atoms with E-state index in [1.807, 2.05) is 19.2 Å². The third-order valence-electron chi connectivity index (χ3n) is 4.94. The highest BCUT2D eigenvalue weighted by atomic mass is 35.5. The number of anilines is 1. The van der Waals surface area contributed by atoms with Crippen molar-refractivity contribution in [1.29, 1.82) is 0 Å². The number of rotatable bonds is 6. The maximum absolute atomic E-state index is 12.5. The molecule has 154 valence electrons. The van der Waals surface area contributed by atoms with E-state index in [-0.39, 0.29) is 11.9 Å². The number of piperazine rings is 1. The molecule has 0 radical (unpaired) electrons. The molecule has 1 amide bonds. The predicted octanol–water partition coefficient (Wildman–Crippen LogP) is 3.28. The number of allylic oxidation sites excluding steroid dienone is 4. The van der Waals surface area contributed by atoms with Crippen LogP contribution >= 0.6 is 11.6 Å². The van der Waals surface area contributed by atoms with Crippen molar-refractivity contribution in [3.63, 3.8) is 0 Å². The number of H-pyrrole nitrogens is 1. The van der Waals surface area contributed by atoms with Gasteiger partial charge in [0.2, 0.25) is 5.91 Å². The first kappa shape index (κ1) is 21.0. The molecule has 3 rings (SSSR count). The Morgan fingerprint density at radius 3 is 2.97 bits per heavy atom. The molecule has 29 heavy (non-hydrogen) atoms.